The summed E-state index contributed by atoms with van der Waals surface area (Å²) in [6, 6.07) is 4.78. The first-order chi connectivity index (χ1) is 17.0. The zero-order valence-corrected chi connectivity index (χ0v) is 20.0. The van der Waals surface area contributed by atoms with Crippen LogP contribution in [0.25, 0.3) is 11.0 Å². The monoisotopic (exact) mass is 502 g/mol. The Hall–Kier alpha value is -2.57. The van der Waals surface area contributed by atoms with Crippen molar-refractivity contribution in [1.82, 2.24) is 20.3 Å². The van der Waals surface area contributed by atoms with Gasteiger partial charge >= 0.3 is 0 Å². The van der Waals surface area contributed by atoms with Gasteiger partial charge in [0.2, 0.25) is 5.88 Å². The highest BCUT2D eigenvalue weighted by molar-refractivity contribution is 7.99. The van der Waals surface area contributed by atoms with Crippen LogP contribution in [0.1, 0.15) is 30.2 Å². The third-order valence-electron chi connectivity index (χ3n) is 6.26. The zero-order valence-electron chi connectivity index (χ0n) is 19.2. The maximum atomic E-state index is 14.7. The van der Waals surface area contributed by atoms with Crippen LogP contribution in [-0.2, 0) is 11.3 Å². The molecule has 3 aromatic rings. The van der Waals surface area contributed by atoms with Crippen LogP contribution in [-0.4, -0.2) is 69.5 Å². The summed E-state index contributed by atoms with van der Waals surface area (Å²) < 4.78 is 31.3. The number of methoxy groups -OCH3 is 1. The smallest absolute Gasteiger partial charge is 0.232 e. The van der Waals surface area contributed by atoms with E-state index < -0.39 is 24.1 Å². The van der Waals surface area contributed by atoms with Gasteiger partial charge in [-0.25, -0.2) is 14.4 Å². The number of benzene rings is 1. The number of hydrogen-bond donors (Lipinski definition) is 3. The minimum absolute atomic E-state index is 0.0711. The third kappa shape index (κ3) is 5.19. The van der Waals surface area contributed by atoms with Crippen LogP contribution in [0.5, 0.6) is 11.6 Å². The molecular weight excluding hydrogens is 475 g/mol. The summed E-state index contributed by atoms with van der Waals surface area (Å²) in [7, 11) is 1.43. The van der Waals surface area contributed by atoms with E-state index >= 15 is 0 Å². The first-order valence-corrected chi connectivity index (χ1v) is 12.5. The molecule has 2 aromatic heterocycles. The lowest BCUT2D eigenvalue weighted by atomic mass is 9.93. The Kier molecular flexibility index (Phi) is 7.30. The second-order valence-corrected chi connectivity index (χ2v) is 9.66. The van der Waals surface area contributed by atoms with Crippen molar-refractivity contribution in [1.29, 1.82) is 0 Å². The molecule has 2 aliphatic heterocycles. The first kappa shape index (κ1) is 24.1. The molecule has 9 nitrogen and oxygen atoms in total. The van der Waals surface area contributed by atoms with E-state index in [-0.39, 0.29) is 23.0 Å². The number of nitrogens with zero attached hydrogens (tertiary/aromatic N) is 3. The molecule has 35 heavy (non-hydrogen) atoms. The second kappa shape index (κ2) is 10.6. The van der Waals surface area contributed by atoms with E-state index in [9.17, 15) is 14.6 Å². The van der Waals surface area contributed by atoms with Crippen molar-refractivity contribution in [2.24, 2.45) is 0 Å². The van der Waals surface area contributed by atoms with Gasteiger partial charge in [-0.05, 0) is 31.0 Å². The lowest BCUT2D eigenvalue weighted by Crippen LogP contribution is -2.45. The lowest BCUT2D eigenvalue weighted by molar-refractivity contribution is -0.114. The Bertz CT molecular complexity index is 1190. The lowest BCUT2D eigenvalue weighted by Gasteiger charge is -2.34. The normalized spacial score (nSPS) is 21.7. The molecular formula is C24H27FN4O5S. The standard InChI is InChI=1S/C24H27FN4O5S/c1-32-20-11-28-16-4-3-15(25)21(22(16)29-20)24(31)23(30)17-5-2-13(12-34-17)26-9-14-8-19-18(10-27-14)33-6-7-35-19/h3-4,8,10-11,13,17,23-24,26,30-31H,2,5-7,9,12H2,1H3/t13-,17+,23-,24-/m1/s1. The highest BCUT2D eigenvalue weighted by atomic mass is 32.2. The molecule has 186 valence electrons. The van der Waals surface area contributed by atoms with Gasteiger partial charge in [0.15, 0.2) is 5.75 Å². The largest absolute Gasteiger partial charge is 0.490 e. The fraction of sp³-hybridized carbons (Fsp3) is 0.458. The molecule has 1 fully saturated rings. The van der Waals surface area contributed by atoms with Gasteiger partial charge in [-0.3, -0.25) is 4.98 Å². The molecule has 0 saturated carbocycles. The summed E-state index contributed by atoms with van der Waals surface area (Å²) in [5, 5.41) is 25.2. The van der Waals surface area contributed by atoms with Crippen molar-refractivity contribution in [2.45, 2.75) is 48.6 Å². The van der Waals surface area contributed by atoms with Crippen molar-refractivity contribution < 1.29 is 28.8 Å². The van der Waals surface area contributed by atoms with Crippen LogP contribution in [0.15, 0.2) is 35.5 Å². The van der Waals surface area contributed by atoms with Gasteiger partial charge in [0.05, 0.1) is 54.9 Å². The summed E-state index contributed by atoms with van der Waals surface area (Å²) in [5.74, 6) is 1.27. The third-order valence-corrected chi connectivity index (χ3v) is 7.26. The molecule has 4 heterocycles. The zero-order chi connectivity index (χ0) is 24.4. The molecule has 0 radical (unpaired) electrons. The Morgan fingerprint density at radius 1 is 1.26 bits per heavy atom. The SMILES string of the molecule is COc1cnc2ccc(F)c([C@@H](O)[C@H](O)[C@@H]3CC[C@@H](NCc4cc5c(cn4)OCCS5)CO3)c2n1. The molecule has 2 aliphatic rings. The van der Waals surface area contributed by atoms with E-state index in [2.05, 4.69) is 20.3 Å². The average molecular weight is 503 g/mol. The highest BCUT2D eigenvalue weighted by Crippen LogP contribution is 2.33. The van der Waals surface area contributed by atoms with Crippen LogP contribution < -0.4 is 14.8 Å². The molecule has 0 aliphatic carbocycles. The van der Waals surface area contributed by atoms with Crippen molar-refractivity contribution in [2.75, 3.05) is 26.1 Å². The number of pyridine rings is 1. The fourth-order valence-electron chi connectivity index (χ4n) is 4.35. The van der Waals surface area contributed by atoms with E-state index in [0.29, 0.717) is 31.7 Å². The van der Waals surface area contributed by atoms with Gasteiger partial charge in [-0.15, -0.1) is 11.8 Å². The Morgan fingerprint density at radius 2 is 2.14 bits per heavy atom. The number of halogens is 1. The van der Waals surface area contributed by atoms with E-state index in [1.165, 1.54) is 25.4 Å². The Morgan fingerprint density at radius 3 is 2.94 bits per heavy atom. The maximum absolute atomic E-state index is 14.7. The minimum atomic E-state index is -1.53. The Balaban J connectivity index is 1.20. The second-order valence-electron chi connectivity index (χ2n) is 8.52. The molecule has 0 amide bonds. The first-order valence-electron chi connectivity index (χ1n) is 11.5. The van der Waals surface area contributed by atoms with E-state index in [4.69, 9.17) is 14.2 Å². The summed E-state index contributed by atoms with van der Waals surface area (Å²) in [5.41, 5.74) is 1.34. The summed E-state index contributed by atoms with van der Waals surface area (Å²) in [6.45, 7) is 1.63. The van der Waals surface area contributed by atoms with Crippen molar-refractivity contribution >= 4 is 22.8 Å². The number of ether oxygens (including phenoxy) is 3. The van der Waals surface area contributed by atoms with E-state index in [0.717, 1.165) is 28.5 Å². The predicted molar refractivity (Wildman–Crippen MR) is 127 cm³/mol. The maximum Gasteiger partial charge on any atom is 0.232 e. The molecule has 3 N–H and O–H groups in total. The van der Waals surface area contributed by atoms with Gasteiger partial charge < -0.3 is 29.7 Å². The predicted octanol–water partition coefficient (Wildman–Crippen LogP) is 2.39. The van der Waals surface area contributed by atoms with Gasteiger partial charge in [-0.2, -0.15) is 0 Å². The number of fused-ring (bicyclic) bond motifs is 2. The van der Waals surface area contributed by atoms with Crippen LogP contribution in [0.2, 0.25) is 0 Å². The van der Waals surface area contributed by atoms with Crippen molar-refractivity contribution in [3.63, 3.8) is 0 Å². The molecule has 11 heteroatoms. The molecule has 5 rings (SSSR count). The van der Waals surface area contributed by atoms with Crippen LogP contribution in [0.4, 0.5) is 4.39 Å². The quantitative estimate of drug-likeness (QED) is 0.444. The van der Waals surface area contributed by atoms with Crippen molar-refractivity contribution in [3.05, 3.63) is 47.7 Å². The number of rotatable bonds is 7. The molecule has 4 atom stereocenters. The number of hydrogen-bond acceptors (Lipinski definition) is 10. The fourth-order valence-corrected chi connectivity index (χ4v) is 5.21. The number of thioether (sulfide) groups is 1. The van der Waals surface area contributed by atoms with Crippen molar-refractivity contribution in [3.8, 4) is 11.6 Å². The summed E-state index contributed by atoms with van der Waals surface area (Å²) >= 11 is 1.76. The number of aliphatic hydroxyl groups is 2. The van der Waals surface area contributed by atoms with Crippen LogP contribution in [0, 0.1) is 5.82 Å². The molecule has 1 aromatic carbocycles. The number of nitrogens with one attached hydrogen (secondary N) is 1. The average Bonchev–Trinajstić information content (AvgIpc) is 2.91. The van der Waals surface area contributed by atoms with Crippen LogP contribution >= 0.6 is 11.8 Å². The van der Waals surface area contributed by atoms with Gasteiger partial charge in [0.1, 0.15) is 23.5 Å². The number of aromatic nitrogens is 3. The topological polar surface area (TPSA) is 119 Å². The van der Waals surface area contributed by atoms with Crippen LogP contribution in [0.3, 0.4) is 0 Å². The highest BCUT2D eigenvalue weighted by Gasteiger charge is 2.34. The molecule has 0 spiro atoms. The summed E-state index contributed by atoms with van der Waals surface area (Å²) in [6.07, 6.45) is 0.887. The Labute approximate surface area is 206 Å². The molecule has 1 saturated heterocycles. The van der Waals surface area contributed by atoms with Gasteiger partial charge in [0, 0.05) is 23.9 Å². The van der Waals surface area contributed by atoms with E-state index in [1.807, 2.05) is 6.07 Å². The molecule has 0 unspecified atom stereocenters. The summed E-state index contributed by atoms with van der Waals surface area (Å²) in [4.78, 5) is 14.0. The minimum Gasteiger partial charge on any atom is -0.490 e. The van der Waals surface area contributed by atoms with E-state index in [1.54, 1.807) is 18.0 Å². The van der Waals surface area contributed by atoms with Gasteiger partial charge in [0.25, 0.3) is 0 Å². The van der Waals surface area contributed by atoms with Gasteiger partial charge in [-0.1, -0.05) is 0 Å². The number of aliphatic hydroxyl groups excluding tert-OH is 2. The molecule has 0 bridgehead atoms.